The zero-order valence-corrected chi connectivity index (χ0v) is 31.2. The second-order valence-electron chi connectivity index (χ2n) is 15.3. The maximum absolute atomic E-state index is 6.90. The van der Waals surface area contributed by atoms with Gasteiger partial charge in [-0.2, -0.15) is 0 Å². The molecule has 0 spiro atoms. The summed E-state index contributed by atoms with van der Waals surface area (Å²) in [7, 11) is 0. The van der Waals surface area contributed by atoms with Crippen molar-refractivity contribution in [2.75, 3.05) is 0 Å². The molecule has 0 amide bonds. The van der Waals surface area contributed by atoms with Gasteiger partial charge in [-0.15, -0.1) is 0 Å². The van der Waals surface area contributed by atoms with Crippen molar-refractivity contribution in [3.63, 3.8) is 0 Å². The molecule has 9 aromatic carbocycles. The largest absolute Gasteiger partial charge is 0.452 e. The van der Waals surface area contributed by atoms with E-state index in [4.69, 9.17) is 8.83 Å². The maximum Gasteiger partial charge on any atom is 0.178 e. The molecule has 0 aliphatic rings. The minimum absolute atomic E-state index is 0.773. The Morgan fingerprint density at radius 1 is 0.276 bits per heavy atom. The van der Waals surface area contributed by atoms with Crippen molar-refractivity contribution < 1.29 is 8.83 Å². The molecular formula is C54H32N2O2. The monoisotopic (exact) mass is 740 g/mol. The minimum Gasteiger partial charge on any atom is -0.452 e. The van der Waals surface area contributed by atoms with Crippen LogP contribution in [0.15, 0.2) is 203 Å². The van der Waals surface area contributed by atoms with Gasteiger partial charge in [-0.3, -0.25) is 0 Å². The number of benzene rings is 9. The Labute approximate surface area is 332 Å². The molecule has 4 heteroatoms. The molecule has 4 nitrogen and oxygen atoms in total. The Balaban J connectivity index is 0.952. The van der Waals surface area contributed by atoms with Gasteiger partial charge >= 0.3 is 0 Å². The first-order valence-corrected chi connectivity index (χ1v) is 19.8. The molecule has 0 fully saturated rings. The SMILES string of the molecule is c1ccc(-n2c3ccccc3c3cc(-c4ccc5oc6c(ccc7c8cccc(-c9ccc%10c(c9)c9ccccc9n%10-c9ccccc9)c8oc76)c5c4)ccc32)cc1. The van der Waals surface area contributed by atoms with E-state index < -0.39 is 0 Å². The molecular weight excluding hydrogens is 709 g/mol. The molecule has 270 valence electrons. The van der Waals surface area contributed by atoms with Gasteiger partial charge in [0, 0.05) is 60.0 Å². The molecule has 0 bridgehead atoms. The number of hydrogen-bond donors (Lipinski definition) is 0. The molecule has 0 saturated carbocycles. The van der Waals surface area contributed by atoms with Crippen molar-refractivity contribution >= 4 is 87.5 Å². The van der Waals surface area contributed by atoms with Gasteiger partial charge < -0.3 is 18.0 Å². The lowest BCUT2D eigenvalue weighted by Crippen LogP contribution is -1.92. The van der Waals surface area contributed by atoms with Crippen LogP contribution in [0.2, 0.25) is 0 Å². The molecule has 0 N–H and O–H groups in total. The van der Waals surface area contributed by atoms with E-state index in [1.165, 1.54) is 43.6 Å². The van der Waals surface area contributed by atoms with Crippen LogP contribution < -0.4 is 0 Å². The van der Waals surface area contributed by atoms with E-state index in [1.807, 2.05) is 0 Å². The van der Waals surface area contributed by atoms with Crippen LogP contribution in [0.1, 0.15) is 0 Å². The lowest BCUT2D eigenvalue weighted by Gasteiger charge is -2.08. The summed E-state index contributed by atoms with van der Waals surface area (Å²) < 4.78 is 18.3. The van der Waals surface area contributed by atoms with Crippen LogP contribution in [0.25, 0.3) is 121 Å². The highest BCUT2D eigenvalue weighted by molar-refractivity contribution is 6.21. The molecule has 4 heterocycles. The van der Waals surface area contributed by atoms with Gasteiger partial charge in [-0.25, -0.2) is 0 Å². The van der Waals surface area contributed by atoms with Crippen LogP contribution in [0.5, 0.6) is 0 Å². The summed E-state index contributed by atoms with van der Waals surface area (Å²) in [6.45, 7) is 0. The van der Waals surface area contributed by atoms with Crippen LogP contribution in [-0.2, 0) is 0 Å². The van der Waals surface area contributed by atoms with Crippen molar-refractivity contribution in [2.45, 2.75) is 0 Å². The lowest BCUT2D eigenvalue weighted by atomic mass is 9.99. The Morgan fingerprint density at radius 2 is 0.741 bits per heavy atom. The Morgan fingerprint density at radius 3 is 1.40 bits per heavy atom. The van der Waals surface area contributed by atoms with Gasteiger partial charge in [0.1, 0.15) is 11.2 Å². The van der Waals surface area contributed by atoms with E-state index >= 15 is 0 Å². The van der Waals surface area contributed by atoms with E-state index in [0.29, 0.717) is 0 Å². The molecule has 0 radical (unpaired) electrons. The highest BCUT2D eigenvalue weighted by Crippen LogP contribution is 2.44. The van der Waals surface area contributed by atoms with Gasteiger partial charge in [-0.1, -0.05) is 109 Å². The third kappa shape index (κ3) is 4.40. The minimum atomic E-state index is 0.773. The first kappa shape index (κ1) is 31.4. The van der Waals surface area contributed by atoms with Crippen LogP contribution in [0.3, 0.4) is 0 Å². The van der Waals surface area contributed by atoms with Crippen LogP contribution in [0, 0.1) is 0 Å². The Kier molecular flexibility index (Phi) is 6.41. The van der Waals surface area contributed by atoms with Gasteiger partial charge in [0.15, 0.2) is 11.2 Å². The van der Waals surface area contributed by atoms with Crippen molar-refractivity contribution in [1.29, 1.82) is 0 Å². The summed E-state index contributed by atoms with van der Waals surface area (Å²) in [5.41, 5.74) is 14.8. The summed E-state index contributed by atoms with van der Waals surface area (Å²) in [6, 6.07) is 69.5. The summed E-state index contributed by atoms with van der Waals surface area (Å²) in [4.78, 5) is 0. The van der Waals surface area contributed by atoms with Crippen molar-refractivity contribution in [2.24, 2.45) is 0 Å². The van der Waals surface area contributed by atoms with Crippen molar-refractivity contribution in [3.8, 4) is 33.6 Å². The molecule has 13 aromatic rings. The van der Waals surface area contributed by atoms with E-state index in [0.717, 1.165) is 77.5 Å². The summed E-state index contributed by atoms with van der Waals surface area (Å²) in [5.74, 6) is 0. The second kappa shape index (κ2) is 11.8. The zero-order chi connectivity index (χ0) is 37.9. The van der Waals surface area contributed by atoms with Crippen LogP contribution in [-0.4, -0.2) is 9.13 Å². The Hall–Kier alpha value is -7.82. The predicted molar refractivity (Wildman–Crippen MR) is 241 cm³/mol. The van der Waals surface area contributed by atoms with Gasteiger partial charge in [0.05, 0.1) is 22.1 Å². The van der Waals surface area contributed by atoms with Gasteiger partial charge in [0.25, 0.3) is 0 Å². The van der Waals surface area contributed by atoms with Crippen LogP contribution in [0.4, 0.5) is 0 Å². The van der Waals surface area contributed by atoms with Crippen molar-refractivity contribution in [1.82, 2.24) is 9.13 Å². The molecule has 0 atom stereocenters. The first-order chi connectivity index (χ1) is 28.8. The van der Waals surface area contributed by atoms with E-state index in [2.05, 4.69) is 203 Å². The number of para-hydroxylation sites is 5. The summed E-state index contributed by atoms with van der Waals surface area (Å²) >= 11 is 0. The average molecular weight is 741 g/mol. The lowest BCUT2D eigenvalue weighted by molar-refractivity contribution is 0.634. The third-order valence-electron chi connectivity index (χ3n) is 12.1. The predicted octanol–water partition coefficient (Wildman–Crippen LogP) is 15.0. The average Bonchev–Trinajstić information content (AvgIpc) is 4.04. The molecule has 0 unspecified atom stereocenters. The fourth-order valence-corrected chi connectivity index (χ4v) is 9.50. The number of furan rings is 2. The normalized spacial score (nSPS) is 12.1. The highest BCUT2D eigenvalue weighted by Gasteiger charge is 2.20. The molecule has 0 aliphatic heterocycles. The fraction of sp³-hybridized carbons (Fsp3) is 0. The fourth-order valence-electron chi connectivity index (χ4n) is 9.50. The number of aromatic nitrogens is 2. The van der Waals surface area contributed by atoms with Gasteiger partial charge in [-0.05, 0) is 102 Å². The topological polar surface area (TPSA) is 36.1 Å². The molecule has 0 aliphatic carbocycles. The quantitative estimate of drug-likeness (QED) is 0.180. The van der Waals surface area contributed by atoms with Crippen molar-refractivity contribution in [3.05, 3.63) is 194 Å². The van der Waals surface area contributed by atoms with Crippen LogP contribution >= 0.6 is 0 Å². The zero-order valence-electron chi connectivity index (χ0n) is 31.2. The van der Waals surface area contributed by atoms with Gasteiger partial charge in [0.2, 0.25) is 0 Å². The molecule has 58 heavy (non-hydrogen) atoms. The second-order valence-corrected chi connectivity index (χ2v) is 15.3. The third-order valence-corrected chi connectivity index (χ3v) is 12.1. The van der Waals surface area contributed by atoms with E-state index in [-0.39, 0.29) is 0 Å². The number of hydrogen-bond acceptors (Lipinski definition) is 2. The standard InChI is InChI=1S/C54H32N2O2/c1-3-12-36(13-4-1)55-47-20-9-7-16-39(47)44-30-33(22-27-49(44)55)34-24-29-51-46(31-34)43-26-25-42-41-19-11-18-38(52(41)58-54(42)53(43)57-51)35-23-28-50-45(32-35)40-17-8-10-21-48(40)56(50)37-14-5-2-6-15-37/h1-32H. The first-order valence-electron chi connectivity index (χ1n) is 19.8. The summed E-state index contributed by atoms with van der Waals surface area (Å²) in [6.07, 6.45) is 0. The molecule has 0 saturated heterocycles. The molecule has 4 aromatic heterocycles. The number of rotatable bonds is 4. The summed E-state index contributed by atoms with van der Waals surface area (Å²) in [5, 5.41) is 9.14. The maximum atomic E-state index is 6.90. The number of nitrogens with zero attached hydrogens (tertiary/aromatic N) is 2. The van der Waals surface area contributed by atoms with E-state index in [1.54, 1.807) is 0 Å². The highest BCUT2D eigenvalue weighted by atomic mass is 16.4. The Bertz CT molecular complexity index is 3790. The molecule has 13 rings (SSSR count). The van der Waals surface area contributed by atoms with E-state index in [9.17, 15) is 0 Å². The smallest absolute Gasteiger partial charge is 0.178 e. The number of fused-ring (bicyclic) bond motifs is 13.